The Kier molecular flexibility index (Phi) is 1.35. The lowest BCUT2D eigenvalue weighted by molar-refractivity contribution is 1.18. The number of nitrogen functional groups attached to an aromatic ring is 1. The average molecular weight is 212 g/mol. The third kappa shape index (κ3) is 1.09. The van der Waals surface area contributed by atoms with E-state index in [1.54, 1.807) is 6.20 Å². The van der Waals surface area contributed by atoms with Gasteiger partial charge in [0.1, 0.15) is 11.5 Å². The zero-order chi connectivity index (χ0) is 7.84. The Labute approximate surface area is 72.0 Å². The molecule has 3 nitrogen and oxygen atoms in total. The van der Waals surface area contributed by atoms with Gasteiger partial charge in [-0.15, -0.1) is 0 Å². The van der Waals surface area contributed by atoms with Crippen LogP contribution in [0.25, 0.3) is 5.65 Å². The van der Waals surface area contributed by atoms with Crippen LogP contribution < -0.4 is 5.73 Å². The summed E-state index contributed by atoms with van der Waals surface area (Å²) in [5.74, 6) is 0.545. The predicted molar refractivity (Wildman–Crippen MR) is 47.3 cm³/mol. The van der Waals surface area contributed by atoms with Crippen molar-refractivity contribution in [3.05, 3.63) is 29.0 Å². The highest BCUT2D eigenvalue weighted by atomic mass is 79.9. The van der Waals surface area contributed by atoms with E-state index in [2.05, 4.69) is 20.9 Å². The molecule has 11 heavy (non-hydrogen) atoms. The van der Waals surface area contributed by atoms with Crippen LogP contribution in [0.2, 0.25) is 0 Å². The minimum Gasteiger partial charge on any atom is -0.382 e. The van der Waals surface area contributed by atoms with E-state index >= 15 is 0 Å². The Morgan fingerprint density at radius 2 is 2.36 bits per heavy atom. The normalized spacial score (nSPS) is 10.6. The number of aromatic nitrogens is 2. The lowest BCUT2D eigenvalue weighted by atomic mass is 10.5. The number of anilines is 1. The third-order valence-electron chi connectivity index (χ3n) is 1.44. The number of imidazole rings is 1. The molecule has 0 aliphatic carbocycles. The molecule has 2 aromatic heterocycles. The van der Waals surface area contributed by atoms with Gasteiger partial charge in [0.25, 0.3) is 0 Å². The summed E-state index contributed by atoms with van der Waals surface area (Å²) < 4.78 is 2.88. The largest absolute Gasteiger partial charge is 0.382 e. The highest BCUT2D eigenvalue weighted by Gasteiger charge is 1.96. The fourth-order valence-electron chi connectivity index (χ4n) is 0.977. The molecule has 0 aliphatic heterocycles. The first-order valence-corrected chi connectivity index (χ1v) is 3.95. The summed E-state index contributed by atoms with van der Waals surface area (Å²) >= 11 is 3.35. The van der Waals surface area contributed by atoms with Crippen molar-refractivity contribution in [2.45, 2.75) is 0 Å². The summed E-state index contributed by atoms with van der Waals surface area (Å²) in [6, 6.07) is 3.85. The highest BCUT2D eigenvalue weighted by Crippen LogP contribution is 2.13. The third-order valence-corrected chi connectivity index (χ3v) is 1.93. The van der Waals surface area contributed by atoms with Crippen molar-refractivity contribution in [1.82, 2.24) is 9.38 Å². The molecular weight excluding hydrogens is 206 g/mol. The number of pyridine rings is 1. The maximum absolute atomic E-state index is 5.49. The molecule has 2 aromatic rings. The molecule has 2 N–H and O–H groups in total. The van der Waals surface area contributed by atoms with Crippen LogP contribution in [0, 0.1) is 0 Å². The van der Waals surface area contributed by atoms with Gasteiger partial charge < -0.3 is 10.1 Å². The van der Waals surface area contributed by atoms with Crippen LogP contribution in [0.5, 0.6) is 0 Å². The minimum absolute atomic E-state index is 0.545. The number of hydrogen-bond acceptors (Lipinski definition) is 2. The molecule has 0 saturated heterocycles. The molecule has 2 rings (SSSR count). The monoisotopic (exact) mass is 211 g/mol. The van der Waals surface area contributed by atoms with Crippen LogP contribution in [0.1, 0.15) is 0 Å². The lowest BCUT2D eigenvalue weighted by Gasteiger charge is -1.91. The Morgan fingerprint density at radius 3 is 3.18 bits per heavy atom. The maximum atomic E-state index is 5.49. The van der Waals surface area contributed by atoms with Gasteiger partial charge in [0.15, 0.2) is 0 Å². The summed E-state index contributed by atoms with van der Waals surface area (Å²) in [4.78, 5) is 4.08. The molecular formula is C7H6BrN3. The van der Waals surface area contributed by atoms with Gasteiger partial charge in [-0.05, 0) is 12.1 Å². The van der Waals surface area contributed by atoms with E-state index in [1.807, 2.05) is 22.7 Å². The predicted octanol–water partition coefficient (Wildman–Crippen LogP) is 1.68. The van der Waals surface area contributed by atoms with E-state index in [4.69, 9.17) is 5.73 Å². The van der Waals surface area contributed by atoms with Crippen LogP contribution in [0.15, 0.2) is 29.0 Å². The first-order chi connectivity index (χ1) is 5.25. The van der Waals surface area contributed by atoms with E-state index in [0.717, 1.165) is 10.1 Å². The van der Waals surface area contributed by atoms with Crippen LogP contribution >= 0.6 is 15.9 Å². The van der Waals surface area contributed by atoms with Gasteiger partial charge in [-0.25, -0.2) is 4.98 Å². The maximum Gasteiger partial charge on any atom is 0.142 e. The van der Waals surface area contributed by atoms with E-state index in [0.29, 0.717) is 5.82 Å². The molecule has 0 radical (unpaired) electrons. The second-order valence-corrected chi connectivity index (χ2v) is 3.19. The molecule has 0 bridgehead atoms. The Balaban J connectivity index is 2.82. The number of hydrogen-bond donors (Lipinski definition) is 1. The first kappa shape index (κ1) is 6.67. The van der Waals surface area contributed by atoms with Crippen LogP contribution in [0.3, 0.4) is 0 Å². The fourth-order valence-corrected chi connectivity index (χ4v) is 1.30. The van der Waals surface area contributed by atoms with Gasteiger partial charge in [-0.3, -0.25) is 0 Å². The first-order valence-electron chi connectivity index (χ1n) is 3.15. The van der Waals surface area contributed by atoms with Crippen molar-refractivity contribution < 1.29 is 0 Å². The summed E-state index contributed by atoms with van der Waals surface area (Å²) in [6.45, 7) is 0. The quantitative estimate of drug-likeness (QED) is 0.721. The van der Waals surface area contributed by atoms with Gasteiger partial charge >= 0.3 is 0 Å². The van der Waals surface area contributed by atoms with E-state index < -0.39 is 0 Å². The van der Waals surface area contributed by atoms with E-state index in [-0.39, 0.29) is 0 Å². The number of rotatable bonds is 0. The molecule has 0 atom stereocenters. The molecule has 2 heterocycles. The van der Waals surface area contributed by atoms with E-state index in [9.17, 15) is 0 Å². The van der Waals surface area contributed by atoms with Crippen molar-refractivity contribution in [2.24, 2.45) is 0 Å². The molecule has 0 aromatic carbocycles. The van der Waals surface area contributed by atoms with Crippen LogP contribution in [0.4, 0.5) is 5.82 Å². The second kappa shape index (κ2) is 2.23. The van der Waals surface area contributed by atoms with Crippen LogP contribution in [-0.2, 0) is 0 Å². The molecule has 0 unspecified atom stereocenters. The Morgan fingerprint density at radius 1 is 1.55 bits per heavy atom. The zero-order valence-electron chi connectivity index (χ0n) is 5.66. The lowest BCUT2D eigenvalue weighted by Crippen LogP contribution is -1.80. The van der Waals surface area contributed by atoms with Gasteiger partial charge in [-0.1, -0.05) is 15.9 Å². The number of fused-ring (bicyclic) bond motifs is 1. The van der Waals surface area contributed by atoms with Crippen molar-refractivity contribution in [2.75, 3.05) is 5.73 Å². The standard InChI is InChI=1S/C7H6BrN3/c8-5-1-2-11-4-6(9)10-7(11)3-5/h1-4H,9H2. The molecule has 0 amide bonds. The number of nitrogens with two attached hydrogens (primary N) is 1. The van der Waals surface area contributed by atoms with Crippen molar-refractivity contribution in [3.8, 4) is 0 Å². The smallest absolute Gasteiger partial charge is 0.142 e. The number of nitrogens with zero attached hydrogens (tertiary/aromatic N) is 2. The van der Waals surface area contributed by atoms with Crippen molar-refractivity contribution in [3.63, 3.8) is 0 Å². The molecule has 0 spiro atoms. The second-order valence-electron chi connectivity index (χ2n) is 2.28. The Hall–Kier alpha value is -1.03. The summed E-state index contributed by atoms with van der Waals surface area (Å²) in [5, 5.41) is 0. The van der Waals surface area contributed by atoms with Gasteiger partial charge in [0, 0.05) is 10.7 Å². The SMILES string of the molecule is Nc1cn2ccc(Br)cc2n1. The summed E-state index contributed by atoms with van der Waals surface area (Å²) in [7, 11) is 0. The van der Waals surface area contributed by atoms with Crippen LogP contribution in [-0.4, -0.2) is 9.38 Å². The summed E-state index contributed by atoms with van der Waals surface area (Å²) in [6.07, 6.45) is 3.69. The zero-order valence-corrected chi connectivity index (χ0v) is 7.25. The van der Waals surface area contributed by atoms with Gasteiger partial charge in [0.05, 0.1) is 6.20 Å². The van der Waals surface area contributed by atoms with Gasteiger partial charge in [0.2, 0.25) is 0 Å². The van der Waals surface area contributed by atoms with E-state index in [1.165, 1.54) is 0 Å². The minimum atomic E-state index is 0.545. The molecule has 4 heteroatoms. The molecule has 0 aliphatic rings. The summed E-state index contributed by atoms with van der Waals surface area (Å²) in [5.41, 5.74) is 6.35. The number of halogens is 1. The molecule has 0 saturated carbocycles. The molecule has 56 valence electrons. The van der Waals surface area contributed by atoms with Crippen molar-refractivity contribution in [1.29, 1.82) is 0 Å². The van der Waals surface area contributed by atoms with Gasteiger partial charge in [-0.2, -0.15) is 0 Å². The Bertz CT molecular complexity index is 393. The average Bonchev–Trinajstić information content (AvgIpc) is 2.27. The molecule has 0 fully saturated rings. The van der Waals surface area contributed by atoms with Crippen molar-refractivity contribution >= 4 is 27.4 Å². The fraction of sp³-hybridized carbons (Fsp3) is 0. The highest BCUT2D eigenvalue weighted by molar-refractivity contribution is 9.10. The topological polar surface area (TPSA) is 43.3 Å².